The highest BCUT2D eigenvalue weighted by molar-refractivity contribution is 7.15. The maximum atomic E-state index is 10.9. The van der Waals surface area contributed by atoms with Gasteiger partial charge in [0, 0.05) is 11.1 Å². The molecule has 2 aromatic heterocycles. The molecule has 0 spiro atoms. The van der Waals surface area contributed by atoms with Crippen molar-refractivity contribution in [2.45, 2.75) is 19.3 Å². The molecule has 0 atom stereocenters. The number of aromatic nitrogens is 2. The summed E-state index contributed by atoms with van der Waals surface area (Å²) in [5, 5.41) is 9.76. The lowest BCUT2D eigenvalue weighted by molar-refractivity contribution is 0.0697. The van der Waals surface area contributed by atoms with Gasteiger partial charge in [0.05, 0.1) is 17.0 Å². The van der Waals surface area contributed by atoms with Gasteiger partial charge in [-0.05, 0) is 31.4 Å². The van der Waals surface area contributed by atoms with Gasteiger partial charge >= 0.3 is 5.97 Å². The van der Waals surface area contributed by atoms with Crippen LogP contribution in [0.1, 0.15) is 27.3 Å². The molecule has 0 saturated carbocycles. The van der Waals surface area contributed by atoms with Gasteiger partial charge in [0.25, 0.3) is 0 Å². The van der Waals surface area contributed by atoms with Gasteiger partial charge < -0.3 is 5.11 Å². The number of aromatic carboxylic acids is 1. The molecule has 17 heavy (non-hydrogen) atoms. The first-order valence-corrected chi connectivity index (χ1v) is 6.24. The predicted octanol–water partition coefficient (Wildman–Crippen LogP) is 2.39. The van der Waals surface area contributed by atoms with Gasteiger partial charge in [0.1, 0.15) is 5.01 Å². The number of thiazole rings is 1. The van der Waals surface area contributed by atoms with Crippen molar-refractivity contribution >= 4 is 17.3 Å². The van der Waals surface area contributed by atoms with Crippen LogP contribution in [-0.4, -0.2) is 21.0 Å². The molecule has 0 aromatic carbocycles. The fourth-order valence-corrected chi connectivity index (χ4v) is 3.10. The lowest BCUT2D eigenvalue weighted by atomic mass is 10.2. The van der Waals surface area contributed by atoms with E-state index in [-0.39, 0.29) is 5.56 Å². The number of hydrogen-bond donors (Lipinski definition) is 1. The van der Waals surface area contributed by atoms with E-state index >= 15 is 0 Å². The molecule has 0 saturated heterocycles. The van der Waals surface area contributed by atoms with Crippen molar-refractivity contribution in [3.8, 4) is 10.7 Å². The molecule has 2 heterocycles. The summed E-state index contributed by atoms with van der Waals surface area (Å²) >= 11 is 1.63. The normalized spacial score (nSPS) is 13.6. The standard InChI is InChI=1S/C12H10N2O2S/c15-12(16)7-4-5-13-9(6-7)11-14-8-2-1-3-10(8)17-11/h4-6H,1-3H2,(H,15,16). The number of pyridine rings is 1. The van der Waals surface area contributed by atoms with Crippen LogP contribution in [0.25, 0.3) is 10.7 Å². The molecular formula is C12H10N2O2S. The minimum atomic E-state index is -0.933. The quantitative estimate of drug-likeness (QED) is 0.883. The molecule has 1 N–H and O–H groups in total. The number of carboxylic acid groups (broad SMARTS) is 1. The first-order chi connectivity index (χ1) is 8.24. The van der Waals surface area contributed by atoms with Crippen LogP contribution in [0.3, 0.4) is 0 Å². The molecule has 4 nitrogen and oxygen atoms in total. The van der Waals surface area contributed by atoms with Gasteiger partial charge in [-0.3, -0.25) is 4.98 Å². The van der Waals surface area contributed by atoms with E-state index in [1.807, 2.05) is 0 Å². The Bertz CT molecular complexity index is 570. The number of aryl methyl sites for hydroxylation is 2. The van der Waals surface area contributed by atoms with Gasteiger partial charge in [-0.1, -0.05) is 0 Å². The molecule has 5 heteroatoms. The van der Waals surface area contributed by atoms with E-state index in [1.165, 1.54) is 23.6 Å². The van der Waals surface area contributed by atoms with Gasteiger partial charge in [0.15, 0.2) is 0 Å². The largest absolute Gasteiger partial charge is 0.478 e. The zero-order chi connectivity index (χ0) is 11.8. The summed E-state index contributed by atoms with van der Waals surface area (Å²) in [6, 6.07) is 3.07. The number of carbonyl (C=O) groups is 1. The van der Waals surface area contributed by atoms with Crippen LogP contribution >= 0.6 is 11.3 Å². The summed E-state index contributed by atoms with van der Waals surface area (Å²) in [5.41, 5.74) is 2.07. The van der Waals surface area contributed by atoms with E-state index in [9.17, 15) is 4.79 Å². The van der Waals surface area contributed by atoms with E-state index in [0.29, 0.717) is 5.69 Å². The van der Waals surface area contributed by atoms with Crippen molar-refractivity contribution in [1.82, 2.24) is 9.97 Å². The molecule has 1 aliphatic carbocycles. The maximum Gasteiger partial charge on any atom is 0.335 e. The number of rotatable bonds is 2. The summed E-state index contributed by atoms with van der Waals surface area (Å²) in [6.07, 6.45) is 4.82. The average Bonchev–Trinajstić information content (AvgIpc) is 2.89. The highest BCUT2D eigenvalue weighted by Gasteiger charge is 2.18. The summed E-state index contributed by atoms with van der Waals surface area (Å²) in [4.78, 5) is 20.9. The first-order valence-electron chi connectivity index (χ1n) is 5.42. The number of hydrogen-bond acceptors (Lipinski definition) is 4. The molecule has 0 aliphatic heterocycles. The van der Waals surface area contributed by atoms with Crippen molar-refractivity contribution < 1.29 is 9.90 Å². The Morgan fingerprint density at radius 1 is 1.41 bits per heavy atom. The van der Waals surface area contributed by atoms with Crippen LogP contribution in [0.4, 0.5) is 0 Å². The van der Waals surface area contributed by atoms with Crippen molar-refractivity contribution in [2.24, 2.45) is 0 Å². The molecule has 0 fully saturated rings. The van der Waals surface area contributed by atoms with E-state index < -0.39 is 5.97 Å². The van der Waals surface area contributed by atoms with E-state index in [2.05, 4.69) is 9.97 Å². The Hall–Kier alpha value is -1.75. The monoisotopic (exact) mass is 246 g/mol. The Kier molecular flexibility index (Phi) is 2.40. The topological polar surface area (TPSA) is 63.1 Å². The second-order valence-electron chi connectivity index (χ2n) is 3.98. The molecule has 1 aliphatic rings. The van der Waals surface area contributed by atoms with Gasteiger partial charge in [-0.15, -0.1) is 11.3 Å². The predicted molar refractivity (Wildman–Crippen MR) is 64.3 cm³/mol. The fourth-order valence-electron chi connectivity index (χ4n) is 1.98. The molecule has 2 aromatic rings. The lowest BCUT2D eigenvalue weighted by Gasteiger charge is -1.97. The van der Waals surface area contributed by atoms with Gasteiger partial charge in [0.2, 0.25) is 0 Å². The van der Waals surface area contributed by atoms with Crippen molar-refractivity contribution in [3.05, 3.63) is 34.5 Å². The highest BCUT2D eigenvalue weighted by Crippen LogP contribution is 2.32. The Balaban J connectivity index is 2.03. The molecular weight excluding hydrogens is 236 g/mol. The Morgan fingerprint density at radius 3 is 3.06 bits per heavy atom. The molecule has 0 radical (unpaired) electrons. The zero-order valence-corrected chi connectivity index (χ0v) is 9.83. The minimum Gasteiger partial charge on any atom is -0.478 e. The van der Waals surface area contributed by atoms with Crippen molar-refractivity contribution in [2.75, 3.05) is 0 Å². The third-order valence-electron chi connectivity index (χ3n) is 2.82. The van der Waals surface area contributed by atoms with Gasteiger partial charge in [-0.25, -0.2) is 9.78 Å². The molecule has 3 rings (SSSR count). The van der Waals surface area contributed by atoms with Crippen LogP contribution in [0.15, 0.2) is 18.3 Å². The molecule has 0 bridgehead atoms. The minimum absolute atomic E-state index is 0.255. The summed E-state index contributed by atoms with van der Waals surface area (Å²) in [6.45, 7) is 0. The average molecular weight is 246 g/mol. The third-order valence-corrected chi connectivity index (χ3v) is 4.00. The second-order valence-corrected chi connectivity index (χ2v) is 5.06. The SMILES string of the molecule is O=C(O)c1ccnc(-c2nc3c(s2)CCC3)c1. The van der Waals surface area contributed by atoms with Gasteiger partial charge in [-0.2, -0.15) is 0 Å². The van der Waals surface area contributed by atoms with Crippen LogP contribution in [0.2, 0.25) is 0 Å². The van der Waals surface area contributed by atoms with Crippen LogP contribution < -0.4 is 0 Å². The zero-order valence-electron chi connectivity index (χ0n) is 9.01. The van der Waals surface area contributed by atoms with Crippen molar-refractivity contribution in [1.29, 1.82) is 0 Å². The summed E-state index contributed by atoms with van der Waals surface area (Å²) in [5.74, 6) is -0.933. The molecule has 86 valence electrons. The summed E-state index contributed by atoms with van der Waals surface area (Å²) < 4.78 is 0. The Morgan fingerprint density at radius 2 is 2.29 bits per heavy atom. The molecule has 0 amide bonds. The number of fused-ring (bicyclic) bond motifs is 1. The molecule has 0 unspecified atom stereocenters. The van der Waals surface area contributed by atoms with E-state index in [0.717, 1.165) is 23.5 Å². The summed E-state index contributed by atoms with van der Waals surface area (Å²) in [7, 11) is 0. The fraction of sp³-hybridized carbons (Fsp3) is 0.250. The van der Waals surface area contributed by atoms with E-state index in [1.54, 1.807) is 17.4 Å². The third kappa shape index (κ3) is 1.82. The first kappa shape index (κ1) is 10.4. The second kappa shape index (κ2) is 3.92. The number of nitrogens with zero attached hydrogens (tertiary/aromatic N) is 2. The van der Waals surface area contributed by atoms with Crippen LogP contribution in [-0.2, 0) is 12.8 Å². The van der Waals surface area contributed by atoms with Crippen molar-refractivity contribution in [3.63, 3.8) is 0 Å². The maximum absolute atomic E-state index is 10.9. The van der Waals surface area contributed by atoms with E-state index in [4.69, 9.17) is 5.11 Å². The smallest absolute Gasteiger partial charge is 0.335 e. The Labute approximate surface area is 102 Å². The van der Waals surface area contributed by atoms with Crippen LogP contribution in [0, 0.1) is 0 Å². The highest BCUT2D eigenvalue weighted by atomic mass is 32.1. The lowest BCUT2D eigenvalue weighted by Crippen LogP contribution is -1.97. The number of carboxylic acids is 1. The van der Waals surface area contributed by atoms with Crippen LogP contribution in [0.5, 0.6) is 0 Å².